The first-order valence-corrected chi connectivity index (χ1v) is 4.07. The van der Waals surface area contributed by atoms with E-state index in [1.807, 2.05) is 13.8 Å². The van der Waals surface area contributed by atoms with Crippen LogP contribution in [0, 0.1) is 5.92 Å². The second-order valence-electron chi connectivity index (χ2n) is 3.17. The molecule has 0 aliphatic rings. The fraction of sp³-hybridized carbons (Fsp3) is 0.500. The number of nitrogens with one attached hydrogen (secondary N) is 1. The van der Waals surface area contributed by atoms with Crippen LogP contribution in [0.5, 0.6) is 0 Å². The Labute approximate surface area is 76.3 Å². The number of hydrogen-bond acceptors (Lipinski definition) is 4. The summed E-state index contributed by atoms with van der Waals surface area (Å²) in [4.78, 5) is 11.3. The van der Waals surface area contributed by atoms with Gasteiger partial charge in [-0.3, -0.25) is 4.79 Å². The quantitative estimate of drug-likeness (QED) is 0.718. The Morgan fingerprint density at radius 1 is 1.69 bits per heavy atom. The standard InChI is InChI=1S/C8H13N3O2/c1-5(2)7(9)8(12)11-6-3-10-13-4-6/h3-5,7H,9H2,1-2H3,(H,11,12). The number of carbonyl (C=O) groups is 1. The molecule has 1 aromatic rings. The number of anilines is 1. The highest BCUT2D eigenvalue weighted by Crippen LogP contribution is 2.06. The predicted octanol–water partition coefficient (Wildman–Crippen LogP) is 0.596. The second-order valence-corrected chi connectivity index (χ2v) is 3.17. The summed E-state index contributed by atoms with van der Waals surface area (Å²) in [5.41, 5.74) is 6.14. The lowest BCUT2D eigenvalue weighted by Gasteiger charge is -2.13. The van der Waals surface area contributed by atoms with Crippen LogP contribution in [0.4, 0.5) is 5.69 Å². The van der Waals surface area contributed by atoms with Gasteiger partial charge in [-0.05, 0) is 5.92 Å². The van der Waals surface area contributed by atoms with Crippen LogP contribution in [0.1, 0.15) is 13.8 Å². The van der Waals surface area contributed by atoms with Crippen molar-refractivity contribution in [1.82, 2.24) is 5.16 Å². The highest BCUT2D eigenvalue weighted by atomic mass is 16.5. The maximum absolute atomic E-state index is 11.3. The number of hydrogen-bond donors (Lipinski definition) is 2. The minimum absolute atomic E-state index is 0.111. The van der Waals surface area contributed by atoms with Crippen molar-refractivity contribution in [3.8, 4) is 0 Å². The third-order valence-corrected chi connectivity index (χ3v) is 1.72. The van der Waals surface area contributed by atoms with E-state index in [9.17, 15) is 4.79 Å². The van der Waals surface area contributed by atoms with Gasteiger partial charge < -0.3 is 15.6 Å². The molecule has 1 aromatic heterocycles. The summed E-state index contributed by atoms with van der Waals surface area (Å²) >= 11 is 0. The lowest BCUT2D eigenvalue weighted by molar-refractivity contribution is -0.118. The summed E-state index contributed by atoms with van der Waals surface area (Å²) in [5.74, 6) is -0.113. The van der Waals surface area contributed by atoms with E-state index in [1.54, 1.807) is 0 Å². The first-order chi connectivity index (χ1) is 6.11. The van der Waals surface area contributed by atoms with Gasteiger partial charge in [-0.1, -0.05) is 19.0 Å². The molecule has 1 rings (SSSR count). The molecule has 1 heterocycles. The molecule has 0 saturated heterocycles. The van der Waals surface area contributed by atoms with Crippen LogP contribution in [-0.4, -0.2) is 17.1 Å². The van der Waals surface area contributed by atoms with E-state index < -0.39 is 6.04 Å². The fourth-order valence-corrected chi connectivity index (χ4v) is 0.795. The van der Waals surface area contributed by atoms with E-state index in [0.717, 1.165) is 0 Å². The van der Waals surface area contributed by atoms with Gasteiger partial charge in [0, 0.05) is 0 Å². The van der Waals surface area contributed by atoms with Gasteiger partial charge >= 0.3 is 0 Å². The molecule has 0 saturated carbocycles. The number of aromatic nitrogens is 1. The van der Waals surface area contributed by atoms with Crippen LogP contribution in [0.15, 0.2) is 17.0 Å². The third kappa shape index (κ3) is 2.55. The molecule has 1 amide bonds. The van der Waals surface area contributed by atoms with Gasteiger partial charge in [0.1, 0.15) is 12.0 Å². The molecule has 0 spiro atoms. The monoisotopic (exact) mass is 183 g/mol. The average molecular weight is 183 g/mol. The molecule has 1 atom stereocenters. The van der Waals surface area contributed by atoms with E-state index in [-0.39, 0.29) is 11.8 Å². The van der Waals surface area contributed by atoms with Gasteiger partial charge in [-0.25, -0.2) is 0 Å². The minimum atomic E-state index is -0.505. The number of rotatable bonds is 3. The van der Waals surface area contributed by atoms with Crippen LogP contribution in [0.25, 0.3) is 0 Å². The highest BCUT2D eigenvalue weighted by molar-refractivity contribution is 5.94. The second kappa shape index (κ2) is 4.04. The Morgan fingerprint density at radius 2 is 2.38 bits per heavy atom. The summed E-state index contributed by atoms with van der Waals surface area (Å²) < 4.78 is 4.55. The average Bonchev–Trinajstić information content (AvgIpc) is 2.55. The SMILES string of the molecule is CC(C)C(N)C(=O)Nc1cnoc1. The molecule has 0 aliphatic carbocycles. The summed E-state index contributed by atoms with van der Waals surface area (Å²) in [6, 6.07) is -0.505. The fourth-order valence-electron chi connectivity index (χ4n) is 0.795. The minimum Gasteiger partial charge on any atom is -0.363 e. The Balaban J connectivity index is 2.51. The van der Waals surface area contributed by atoms with E-state index in [2.05, 4.69) is 15.0 Å². The zero-order chi connectivity index (χ0) is 9.84. The number of nitrogens with zero attached hydrogens (tertiary/aromatic N) is 1. The molecule has 0 radical (unpaired) electrons. The van der Waals surface area contributed by atoms with Crippen molar-refractivity contribution >= 4 is 11.6 Å². The van der Waals surface area contributed by atoms with Crippen LogP contribution in [0.3, 0.4) is 0 Å². The maximum atomic E-state index is 11.3. The van der Waals surface area contributed by atoms with Crippen molar-refractivity contribution in [3.63, 3.8) is 0 Å². The molecular formula is C8H13N3O2. The van der Waals surface area contributed by atoms with Crippen LogP contribution in [0.2, 0.25) is 0 Å². The molecule has 5 nitrogen and oxygen atoms in total. The summed E-state index contributed by atoms with van der Waals surface area (Å²) in [6.07, 6.45) is 2.77. The first-order valence-electron chi connectivity index (χ1n) is 4.07. The lowest BCUT2D eigenvalue weighted by atomic mass is 10.1. The third-order valence-electron chi connectivity index (χ3n) is 1.72. The molecular weight excluding hydrogens is 170 g/mol. The smallest absolute Gasteiger partial charge is 0.241 e. The van der Waals surface area contributed by atoms with Gasteiger partial charge in [0.2, 0.25) is 5.91 Å². The summed E-state index contributed by atoms with van der Waals surface area (Å²) in [7, 11) is 0. The van der Waals surface area contributed by atoms with Gasteiger partial charge in [0.25, 0.3) is 0 Å². The van der Waals surface area contributed by atoms with E-state index >= 15 is 0 Å². The zero-order valence-electron chi connectivity index (χ0n) is 7.65. The lowest BCUT2D eigenvalue weighted by Crippen LogP contribution is -2.39. The van der Waals surface area contributed by atoms with Crippen molar-refractivity contribution in [2.75, 3.05) is 5.32 Å². The first kappa shape index (κ1) is 9.73. The highest BCUT2D eigenvalue weighted by Gasteiger charge is 2.17. The Kier molecular flexibility index (Phi) is 3.02. The van der Waals surface area contributed by atoms with E-state index in [4.69, 9.17) is 5.73 Å². The van der Waals surface area contributed by atoms with Crippen LogP contribution in [-0.2, 0) is 4.79 Å². The molecule has 0 fully saturated rings. The normalized spacial score (nSPS) is 12.9. The molecule has 0 bridgehead atoms. The zero-order valence-corrected chi connectivity index (χ0v) is 7.65. The summed E-state index contributed by atoms with van der Waals surface area (Å²) in [6.45, 7) is 3.77. The molecule has 0 aromatic carbocycles. The van der Waals surface area contributed by atoms with Crippen molar-refractivity contribution in [3.05, 3.63) is 12.5 Å². The van der Waals surface area contributed by atoms with Gasteiger partial charge in [0.15, 0.2) is 0 Å². The molecule has 3 N–H and O–H groups in total. The predicted molar refractivity (Wildman–Crippen MR) is 47.9 cm³/mol. The Bertz CT molecular complexity index is 269. The molecule has 1 unspecified atom stereocenters. The van der Waals surface area contributed by atoms with Crippen molar-refractivity contribution in [2.24, 2.45) is 11.7 Å². The van der Waals surface area contributed by atoms with Crippen molar-refractivity contribution in [2.45, 2.75) is 19.9 Å². The van der Waals surface area contributed by atoms with Gasteiger partial charge in [-0.15, -0.1) is 0 Å². The Morgan fingerprint density at radius 3 is 2.85 bits per heavy atom. The molecule has 5 heteroatoms. The van der Waals surface area contributed by atoms with Crippen molar-refractivity contribution < 1.29 is 9.32 Å². The van der Waals surface area contributed by atoms with Gasteiger partial charge in [-0.2, -0.15) is 0 Å². The number of amides is 1. The van der Waals surface area contributed by atoms with Crippen molar-refractivity contribution in [1.29, 1.82) is 0 Å². The van der Waals surface area contributed by atoms with E-state index in [1.165, 1.54) is 12.5 Å². The molecule has 72 valence electrons. The number of nitrogens with two attached hydrogens (primary N) is 1. The largest absolute Gasteiger partial charge is 0.363 e. The van der Waals surface area contributed by atoms with Gasteiger partial charge in [0.05, 0.1) is 12.2 Å². The van der Waals surface area contributed by atoms with E-state index in [0.29, 0.717) is 5.69 Å². The van der Waals surface area contributed by atoms with Crippen LogP contribution >= 0.6 is 0 Å². The summed E-state index contributed by atoms with van der Waals surface area (Å²) in [5, 5.41) is 6.03. The molecule has 0 aliphatic heterocycles. The number of carbonyl (C=O) groups excluding carboxylic acids is 1. The van der Waals surface area contributed by atoms with Crippen LogP contribution < -0.4 is 11.1 Å². The molecule has 13 heavy (non-hydrogen) atoms. The maximum Gasteiger partial charge on any atom is 0.241 e. The Hall–Kier alpha value is -1.36. The topological polar surface area (TPSA) is 81.2 Å².